The standard InChI is InChI=1S/C26H27N5O2/c1-17-4-2-3-5-20(17)13-26(25(28)33)10-11-29-15-21(26)24(32)22-16-30-23(31-22)12-18-6-8-19(14-27)9-7-18/h2-9,16,21,29H,10-13,15H2,1H3,(H2,28,33)(H,30,31). The Balaban J connectivity index is 1.59. The molecule has 3 aromatic rings. The number of nitrogens with zero attached hydrogens (tertiary/aromatic N) is 2. The summed E-state index contributed by atoms with van der Waals surface area (Å²) in [7, 11) is 0. The van der Waals surface area contributed by atoms with E-state index in [4.69, 9.17) is 11.0 Å². The van der Waals surface area contributed by atoms with Crippen LogP contribution in [0.4, 0.5) is 0 Å². The molecule has 0 spiro atoms. The summed E-state index contributed by atoms with van der Waals surface area (Å²) in [6.07, 6.45) is 2.97. The number of carbonyl (C=O) groups excluding carboxylic acids is 2. The summed E-state index contributed by atoms with van der Waals surface area (Å²) >= 11 is 0. The lowest BCUT2D eigenvalue weighted by molar-refractivity contribution is -0.131. The van der Waals surface area contributed by atoms with Gasteiger partial charge in [-0.15, -0.1) is 0 Å². The van der Waals surface area contributed by atoms with Crippen molar-refractivity contribution in [1.82, 2.24) is 15.3 Å². The molecule has 2 aromatic carbocycles. The van der Waals surface area contributed by atoms with Crippen molar-refractivity contribution in [3.63, 3.8) is 0 Å². The Morgan fingerprint density at radius 1 is 1.21 bits per heavy atom. The summed E-state index contributed by atoms with van der Waals surface area (Å²) in [4.78, 5) is 33.9. The lowest BCUT2D eigenvalue weighted by Gasteiger charge is -2.41. The van der Waals surface area contributed by atoms with Crippen LogP contribution in [0.1, 0.15) is 45.0 Å². The highest BCUT2D eigenvalue weighted by Gasteiger charge is 2.49. The molecule has 2 heterocycles. The molecule has 1 amide bonds. The first kappa shape index (κ1) is 22.4. The maximum absolute atomic E-state index is 13.6. The topological polar surface area (TPSA) is 125 Å². The highest BCUT2D eigenvalue weighted by atomic mass is 16.2. The molecular weight excluding hydrogens is 414 g/mol. The Morgan fingerprint density at radius 2 is 1.97 bits per heavy atom. The number of amides is 1. The van der Waals surface area contributed by atoms with Crippen LogP contribution in [0.2, 0.25) is 0 Å². The van der Waals surface area contributed by atoms with Gasteiger partial charge in [-0.25, -0.2) is 4.98 Å². The van der Waals surface area contributed by atoms with E-state index in [0.29, 0.717) is 49.4 Å². The first-order chi connectivity index (χ1) is 15.9. The van der Waals surface area contributed by atoms with E-state index in [1.165, 1.54) is 6.20 Å². The van der Waals surface area contributed by atoms with Crippen molar-refractivity contribution in [2.24, 2.45) is 17.1 Å². The average molecular weight is 442 g/mol. The predicted molar refractivity (Wildman–Crippen MR) is 124 cm³/mol. The summed E-state index contributed by atoms with van der Waals surface area (Å²) in [5.74, 6) is -0.543. The maximum atomic E-state index is 13.6. The van der Waals surface area contributed by atoms with Crippen LogP contribution in [-0.4, -0.2) is 34.7 Å². The summed E-state index contributed by atoms with van der Waals surface area (Å²) in [6.45, 7) is 3.02. The monoisotopic (exact) mass is 441 g/mol. The minimum atomic E-state index is -0.965. The number of nitrogens with two attached hydrogens (primary N) is 1. The van der Waals surface area contributed by atoms with Crippen LogP contribution in [0.25, 0.3) is 0 Å². The molecule has 4 rings (SSSR count). The number of hydrogen-bond donors (Lipinski definition) is 3. The van der Waals surface area contributed by atoms with E-state index in [1.54, 1.807) is 12.1 Å². The number of ketones is 1. The highest BCUT2D eigenvalue weighted by molar-refractivity contribution is 6.00. The van der Waals surface area contributed by atoms with Crippen LogP contribution < -0.4 is 11.1 Å². The number of nitriles is 1. The van der Waals surface area contributed by atoms with E-state index in [2.05, 4.69) is 21.4 Å². The van der Waals surface area contributed by atoms with Gasteiger partial charge >= 0.3 is 0 Å². The Morgan fingerprint density at radius 3 is 2.67 bits per heavy atom. The van der Waals surface area contributed by atoms with E-state index in [1.807, 2.05) is 43.3 Å². The van der Waals surface area contributed by atoms with Crippen molar-refractivity contribution in [1.29, 1.82) is 5.26 Å². The van der Waals surface area contributed by atoms with Crippen LogP contribution in [0.3, 0.4) is 0 Å². The predicted octanol–water partition coefficient (Wildman–Crippen LogP) is 2.69. The SMILES string of the molecule is Cc1ccccc1CC1(C(N)=O)CCNCC1C(=O)c1cnc(Cc2ccc(C#N)cc2)[nH]1. The fourth-order valence-corrected chi connectivity index (χ4v) is 4.67. The lowest BCUT2D eigenvalue weighted by Crippen LogP contribution is -2.56. The Hall–Kier alpha value is -3.76. The fourth-order valence-electron chi connectivity index (χ4n) is 4.67. The summed E-state index contributed by atoms with van der Waals surface area (Å²) in [6, 6.07) is 17.3. The van der Waals surface area contributed by atoms with Crippen LogP contribution in [0, 0.1) is 29.6 Å². The Labute approximate surface area is 193 Å². The van der Waals surface area contributed by atoms with Crippen molar-refractivity contribution < 1.29 is 9.59 Å². The van der Waals surface area contributed by atoms with Crippen molar-refractivity contribution in [2.75, 3.05) is 13.1 Å². The number of benzene rings is 2. The van der Waals surface area contributed by atoms with Gasteiger partial charge in [0.05, 0.1) is 29.2 Å². The normalized spacial score (nSPS) is 20.2. The molecule has 1 fully saturated rings. The van der Waals surface area contributed by atoms with Gasteiger partial charge in [0.1, 0.15) is 11.5 Å². The number of primary amides is 1. The third-order valence-electron chi connectivity index (χ3n) is 6.69. The van der Waals surface area contributed by atoms with Crippen molar-refractivity contribution in [2.45, 2.75) is 26.2 Å². The van der Waals surface area contributed by atoms with Gasteiger partial charge in [-0.05, 0) is 55.1 Å². The van der Waals surface area contributed by atoms with E-state index in [0.717, 1.165) is 16.7 Å². The molecule has 1 aliphatic rings. The molecule has 0 radical (unpaired) electrons. The van der Waals surface area contributed by atoms with Crippen LogP contribution >= 0.6 is 0 Å². The second-order valence-electron chi connectivity index (χ2n) is 8.72. The average Bonchev–Trinajstić information content (AvgIpc) is 3.29. The first-order valence-corrected chi connectivity index (χ1v) is 11.1. The Bertz CT molecular complexity index is 1210. The van der Waals surface area contributed by atoms with Gasteiger partial charge in [0.25, 0.3) is 0 Å². The molecular formula is C26H27N5O2. The molecule has 2 atom stereocenters. The Kier molecular flexibility index (Phi) is 6.38. The molecule has 2 unspecified atom stereocenters. The van der Waals surface area contributed by atoms with Crippen LogP contribution in [-0.2, 0) is 17.6 Å². The van der Waals surface area contributed by atoms with E-state index in [-0.39, 0.29) is 5.78 Å². The zero-order chi connectivity index (χ0) is 23.4. The van der Waals surface area contributed by atoms with Gasteiger partial charge in [-0.2, -0.15) is 5.26 Å². The van der Waals surface area contributed by atoms with Gasteiger partial charge in [-0.3, -0.25) is 9.59 Å². The van der Waals surface area contributed by atoms with Gasteiger partial charge < -0.3 is 16.0 Å². The van der Waals surface area contributed by atoms with Crippen LogP contribution in [0.5, 0.6) is 0 Å². The molecule has 7 nitrogen and oxygen atoms in total. The van der Waals surface area contributed by atoms with E-state index >= 15 is 0 Å². The number of imidazole rings is 1. The number of nitrogens with one attached hydrogen (secondary N) is 2. The minimum absolute atomic E-state index is 0.159. The number of aryl methyl sites for hydroxylation is 1. The van der Waals surface area contributed by atoms with Gasteiger partial charge in [0, 0.05) is 13.0 Å². The summed E-state index contributed by atoms with van der Waals surface area (Å²) < 4.78 is 0. The number of hydrogen-bond acceptors (Lipinski definition) is 5. The van der Waals surface area contributed by atoms with Crippen molar-refractivity contribution in [3.05, 3.63) is 88.5 Å². The van der Waals surface area contributed by atoms with Gasteiger partial charge in [0.15, 0.2) is 5.78 Å². The van der Waals surface area contributed by atoms with Crippen LogP contribution in [0.15, 0.2) is 54.7 Å². The molecule has 1 aromatic heterocycles. The highest BCUT2D eigenvalue weighted by Crippen LogP contribution is 2.39. The van der Waals surface area contributed by atoms with Crippen molar-refractivity contribution >= 4 is 11.7 Å². The minimum Gasteiger partial charge on any atom is -0.369 e. The molecule has 0 aliphatic carbocycles. The summed E-state index contributed by atoms with van der Waals surface area (Å²) in [5, 5.41) is 12.2. The number of Topliss-reactive ketones (excluding diaryl/α,β-unsaturated/α-hetero) is 1. The first-order valence-electron chi connectivity index (χ1n) is 11.1. The van der Waals surface area contributed by atoms with Gasteiger partial charge in [-0.1, -0.05) is 36.4 Å². The number of aromatic nitrogens is 2. The zero-order valence-electron chi connectivity index (χ0n) is 18.6. The van der Waals surface area contributed by atoms with E-state index in [9.17, 15) is 9.59 Å². The van der Waals surface area contributed by atoms with Crippen molar-refractivity contribution in [3.8, 4) is 6.07 Å². The molecule has 0 saturated carbocycles. The number of carbonyl (C=O) groups is 2. The smallest absolute Gasteiger partial charge is 0.224 e. The second-order valence-corrected chi connectivity index (χ2v) is 8.72. The van der Waals surface area contributed by atoms with E-state index < -0.39 is 17.2 Å². The molecule has 33 heavy (non-hydrogen) atoms. The lowest BCUT2D eigenvalue weighted by atomic mass is 9.64. The number of aromatic amines is 1. The molecule has 1 aliphatic heterocycles. The quantitative estimate of drug-likeness (QED) is 0.486. The molecule has 0 bridgehead atoms. The summed E-state index contributed by atoms with van der Waals surface area (Å²) in [5.41, 5.74) is 9.06. The third kappa shape index (κ3) is 4.57. The molecule has 168 valence electrons. The molecule has 4 N–H and O–H groups in total. The number of rotatable bonds is 7. The maximum Gasteiger partial charge on any atom is 0.224 e. The molecule has 1 saturated heterocycles. The number of piperidine rings is 1. The number of H-pyrrole nitrogens is 1. The van der Waals surface area contributed by atoms with Gasteiger partial charge in [0.2, 0.25) is 5.91 Å². The third-order valence-corrected chi connectivity index (χ3v) is 6.69. The zero-order valence-corrected chi connectivity index (χ0v) is 18.6. The largest absolute Gasteiger partial charge is 0.369 e. The fraction of sp³-hybridized carbons (Fsp3) is 0.308. The second kappa shape index (κ2) is 9.39. The molecule has 7 heteroatoms.